The number of rotatable bonds is 3. The van der Waals surface area contributed by atoms with E-state index in [-0.39, 0.29) is 6.09 Å². The molecule has 0 fully saturated rings. The zero-order valence-electron chi connectivity index (χ0n) is 14.3. The van der Waals surface area contributed by atoms with Crippen LogP contribution in [0.3, 0.4) is 0 Å². The Morgan fingerprint density at radius 1 is 1.23 bits per heavy atom. The first-order valence-corrected chi connectivity index (χ1v) is 8.32. The van der Waals surface area contributed by atoms with Crippen LogP contribution in [0.2, 0.25) is 0 Å². The van der Waals surface area contributed by atoms with Gasteiger partial charge in [-0.2, -0.15) is 0 Å². The van der Waals surface area contributed by atoms with Crippen LogP contribution in [0.4, 0.5) is 22.0 Å². The van der Waals surface area contributed by atoms with Crippen molar-refractivity contribution in [2.45, 2.75) is 12.8 Å². The average Bonchev–Trinajstić information content (AvgIpc) is 3.22. The molecule has 8 nitrogen and oxygen atoms in total. The molecule has 0 saturated heterocycles. The number of nitrogens with one attached hydrogen (secondary N) is 1. The molecule has 1 aliphatic rings. The Kier molecular flexibility index (Phi) is 4.22. The van der Waals surface area contributed by atoms with Gasteiger partial charge in [-0.25, -0.2) is 9.78 Å². The van der Waals surface area contributed by atoms with E-state index in [2.05, 4.69) is 20.5 Å². The third-order valence-corrected chi connectivity index (χ3v) is 4.28. The van der Waals surface area contributed by atoms with E-state index in [9.17, 15) is 4.79 Å². The van der Waals surface area contributed by atoms with E-state index in [1.54, 1.807) is 22.0 Å². The Labute approximate surface area is 150 Å². The van der Waals surface area contributed by atoms with Gasteiger partial charge >= 0.3 is 6.09 Å². The van der Waals surface area contributed by atoms with Crippen LogP contribution in [0.15, 0.2) is 49.1 Å². The number of fused-ring (bicyclic) bond motifs is 1. The van der Waals surface area contributed by atoms with E-state index in [0.717, 1.165) is 29.8 Å². The topological polar surface area (TPSA) is 85.2 Å². The van der Waals surface area contributed by atoms with Gasteiger partial charge in [0.2, 0.25) is 0 Å². The lowest BCUT2D eigenvalue weighted by Crippen LogP contribution is -2.35. The molecule has 1 aliphatic heterocycles. The molecule has 0 aliphatic carbocycles. The van der Waals surface area contributed by atoms with E-state index < -0.39 is 0 Å². The van der Waals surface area contributed by atoms with Gasteiger partial charge in [-0.3, -0.25) is 9.47 Å². The number of benzene rings is 1. The standard InChI is InChI=1S/C18H18N6O2/c1-26-18(25)24-9-2-3-13-11-14(4-5-15(13)24)20-16-6-7-17(22-21-16)23-10-8-19-12-23/h4-8,10-12H,2-3,9H2,1H3,(H,20,21). The molecule has 4 rings (SSSR count). The van der Waals surface area contributed by atoms with E-state index in [4.69, 9.17) is 4.74 Å². The molecular weight excluding hydrogens is 332 g/mol. The van der Waals surface area contributed by atoms with Gasteiger partial charge in [-0.15, -0.1) is 10.2 Å². The normalized spacial score (nSPS) is 13.2. The summed E-state index contributed by atoms with van der Waals surface area (Å²) in [7, 11) is 1.40. The number of carbonyl (C=O) groups excluding carboxylic acids is 1. The SMILES string of the molecule is COC(=O)N1CCCc2cc(Nc3ccc(-n4ccnc4)nn3)ccc21. The minimum atomic E-state index is -0.326. The van der Waals surface area contributed by atoms with Crippen molar-refractivity contribution in [3.8, 4) is 5.82 Å². The van der Waals surface area contributed by atoms with Crippen molar-refractivity contribution >= 4 is 23.3 Å². The summed E-state index contributed by atoms with van der Waals surface area (Å²) in [5.41, 5.74) is 2.91. The minimum Gasteiger partial charge on any atom is -0.452 e. The van der Waals surface area contributed by atoms with Gasteiger partial charge in [-0.1, -0.05) is 0 Å². The lowest BCUT2D eigenvalue weighted by atomic mass is 10.0. The second-order valence-electron chi connectivity index (χ2n) is 5.94. The first kappa shape index (κ1) is 16.1. The molecule has 1 N–H and O–H groups in total. The van der Waals surface area contributed by atoms with Gasteiger partial charge in [0.1, 0.15) is 6.33 Å². The lowest BCUT2D eigenvalue weighted by molar-refractivity contribution is 0.178. The highest BCUT2D eigenvalue weighted by atomic mass is 16.5. The molecule has 3 heterocycles. The summed E-state index contributed by atoms with van der Waals surface area (Å²) >= 11 is 0. The Morgan fingerprint density at radius 2 is 2.15 bits per heavy atom. The molecule has 0 saturated carbocycles. The van der Waals surface area contributed by atoms with Crippen molar-refractivity contribution in [3.05, 3.63) is 54.6 Å². The molecule has 0 bridgehead atoms. The van der Waals surface area contributed by atoms with Crippen molar-refractivity contribution in [1.82, 2.24) is 19.7 Å². The molecule has 3 aromatic rings. The monoisotopic (exact) mass is 350 g/mol. The fourth-order valence-electron chi connectivity index (χ4n) is 3.05. The van der Waals surface area contributed by atoms with E-state index in [0.29, 0.717) is 18.2 Å². The molecule has 0 spiro atoms. The van der Waals surface area contributed by atoms with Gasteiger partial charge in [-0.05, 0) is 48.7 Å². The number of hydrogen-bond donors (Lipinski definition) is 1. The minimum absolute atomic E-state index is 0.326. The van der Waals surface area contributed by atoms with Crippen LogP contribution in [-0.4, -0.2) is 39.5 Å². The van der Waals surface area contributed by atoms with Crippen molar-refractivity contribution in [3.63, 3.8) is 0 Å². The van der Waals surface area contributed by atoms with Crippen LogP contribution in [0.5, 0.6) is 0 Å². The molecule has 1 aromatic carbocycles. The van der Waals surface area contributed by atoms with Gasteiger partial charge in [0, 0.05) is 24.6 Å². The molecule has 8 heteroatoms. The number of carbonyl (C=O) groups is 1. The Morgan fingerprint density at radius 3 is 2.88 bits per heavy atom. The molecule has 1 amide bonds. The van der Waals surface area contributed by atoms with Crippen LogP contribution in [-0.2, 0) is 11.2 Å². The number of nitrogens with zero attached hydrogens (tertiary/aromatic N) is 5. The number of hydrogen-bond acceptors (Lipinski definition) is 6. The summed E-state index contributed by atoms with van der Waals surface area (Å²) in [5, 5.41) is 11.6. The van der Waals surface area contributed by atoms with Crippen molar-refractivity contribution < 1.29 is 9.53 Å². The molecular formula is C18H18N6O2. The van der Waals surface area contributed by atoms with E-state index in [1.807, 2.05) is 36.5 Å². The van der Waals surface area contributed by atoms with E-state index in [1.165, 1.54) is 7.11 Å². The molecule has 0 radical (unpaired) electrons. The first-order chi connectivity index (χ1) is 12.7. The number of ether oxygens (including phenoxy) is 1. The Hall–Kier alpha value is -3.42. The average molecular weight is 350 g/mol. The highest BCUT2D eigenvalue weighted by molar-refractivity contribution is 5.89. The Balaban J connectivity index is 1.53. The highest BCUT2D eigenvalue weighted by Gasteiger charge is 2.23. The smallest absolute Gasteiger partial charge is 0.414 e. The number of imidazole rings is 1. The number of aromatic nitrogens is 4. The fourth-order valence-corrected chi connectivity index (χ4v) is 3.05. The second-order valence-corrected chi connectivity index (χ2v) is 5.94. The van der Waals surface area contributed by atoms with Crippen molar-refractivity contribution in [2.75, 3.05) is 23.9 Å². The maximum absolute atomic E-state index is 11.9. The maximum Gasteiger partial charge on any atom is 0.414 e. The predicted molar refractivity (Wildman–Crippen MR) is 97.0 cm³/mol. The summed E-state index contributed by atoms with van der Waals surface area (Å²) in [5.74, 6) is 1.35. The zero-order valence-corrected chi connectivity index (χ0v) is 14.3. The van der Waals surface area contributed by atoms with Crippen LogP contribution >= 0.6 is 0 Å². The second kappa shape index (κ2) is 6.83. The van der Waals surface area contributed by atoms with Gasteiger partial charge < -0.3 is 10.1 Å². The molecule has 132 valence electrons. The van der Waals surface area contributed by atoms with Crippen molar-refractivity contribution in [1.29, 1.82) is 0 Å². The van der Waals surface area contributed by atoms with Crippen molar-refractivity contribution in [2.24, 2.45) is 0 Å². The third kappa shape index (κ3) is 3.08. The maximum atomic E-state index is 11.9. The summed E-state index contributed by atoms with van der Waals surface area (Å²) in [6.45, 7) is 0.674. The number of anilines is 3. The first-order valence-electron chi connectivity index (χ1n) is 8.32. The lowest BCUT2D eigenvalue weighted by Gasteiger charge is -2.28. The number of methoxy groups -OCH3 is 1. The quantitative estimate of drug-likeness (QED) is 0.782. The summed E-state index contributed by atoms with van der Waals surface area (Å²) < 4.78 is 6.65. The van der Waals surface area contributed by atoms with Gasteiger partial charge in [0.25, 0.3) is 0 Å². The van der Waals surface area contributed by atoms with Gasteiger partial charge in [0.15, 0.2) is 11.6 Å². The predicted octanol–water partition coefficient (Wildman–Crippen LogP) is 2.92. The zero-order chi connectivity index (χ0) is 17.9. The highest BCUT2D eigenvalue weighted by Crippen LogP contribution is 2.31. The van der Waals surface area contributed by atoms with Crippen LogP contribution in [0.1, 0.15) is 12.0 Å². The van der Waals surface area contributed by atoms with Crippen LogP contribution in [0, 0.1) is 0 Å². The van der Waals surface area contributed by atoms with Crippen LogP contribution < -0.4 is 10.2 Å². The molecule has 2 aromatic heterocycles. The van der Waals surface area contributed by atoms with E-state index >= 15 is 0 Å². The molecule has 0 atom stereocenters. The summed E-state index contributed by atoms with van der Waals surface area (Å²) in [6.07, 6.45) is 6.68. The largest absolute Gasteiger partial charge is 0.452 e. The van der Waals surface area contributed by atoms with Gasteiger partial charge in [0.05, 0.1) is 12.8 Å². The fraction of sp³-hybridized carbons (Fsp3) is 0.222. The number of aryl methyl sites for hydroxylation is 1. The Bertz CT molecular complexity index is 908. The van der Waals surface area contributed by atoms with Crippen LogP contribution in [0.25, 0.3) is 5.82 Å². The molecule has 0 unspecified atom stereocenters. The third-order valence-electron chi connectivity index (χ3n) is 4.28. The summed E-state index contributed by atoms with van der Waals surface area (Å²) in [6, 6.07) is 9.62. The molecule has 26 heavy (non-hydrogen) atoms. The summed E-state index contributed by atoms with van der Waals surface area (Å²) in [4.78, 5) is 17.6. The number of amides is 1.